The molecule has 16 heteroatoms. The molecule has 2 aliphatic rings. The normalized spacial score (nSPS) is 19.8. The fourth-order valence-electron chi connectivity index (χ4n) is 4.65. The third-order valence-corrected chi connectivity index (χ3v) is 8.95. The third-order valence-electron chi connectivity index (χ3n) is 7.05. The fourth-order valence-corrected chi connectivity index (χ4v) is 5.50. The smallest absolute Gasteiger partial charge is 0.425 e. The first kappa shape index (κ1) is 32.2. The molecule has 2 atom stereocenters. The van der Waals surface area contributed by atoms with E-state index in [4.69, 9.17) is 25.8 Å². The van der Waals surface area contributed by atoms with Gasteiger partial charge in [-0.25, -0.2) is 14.6 Å². The van der Waals surface area contributed by atoms with Crippen LogP contribution < -0.4 is 15.2 Å². The molecule has 0 N–H and O–H groups in total. The van der Waals surface area contributed by atoms with Gasteiger partial charge in [0.25, 0.3) is 5.56 Å². The molecule has 0 radical (unpaired) electrons. The number of piperazine rings is 1. The molecular weight excluding hydrogens is 597 g/mol. The van der Waals surface area contributed by atoms with E-state index in [1.54, 1.807) is 4.90 Å². The number of nitrogens with zero attached hydrogens (tertiary/aromatic N) is 6. The van der Waals surface area contributed by atoms with E-state index in [-0.39, 0.29) is 31.8 Å². The molecule has 42 heavy (non-hydrogen) atoms. The molecule has 4 heterocycles. The van der Waals surface area contributed by atoms with Crippen LogP contribution in [0.3, 0.4) is 0 Å². The van der Waals surface area contributed by atoms with E-state index < -0.39 is 37.2 Å². The van der Waals surface area contributed by atoms with Gasteiger partial charge in [-0.15, -0.1) is 0 Å². The first-order chi connectivity index (χ1) is 19.8. The zero-order valence-corrected chi connectivity index (χ0v) is 25.7. The monoisotopic (exact) mass is 632 g/mol. The third kappa shape index (κ3) is 8.88. The molecule has 0 spiro atoms. The molecule has 2 aromatic heterocycles. The van der Waals surface area contributed by atoms with E-state index >= 15 is 0 Å². The maximum atomic E-state index is 13.8. The van der Waals surface area contributed by atoms with Gasteiger partial charge in [-0.2, -0.15) is 18.3 Å². The van der Waals surface area contributed by atoms with E-state index in [0.29, 0.717) is 61.3 Å². The Morgan fingerprint density at radius 1 is 1.10 bits per heavy atom. The van der Waals surface area contributed by atoms with E-state index in [9.17, 15) is 22.8 Å². The van der Waals surface area contributed by atoms with Crippen LogP contribution in [0, 0.1) is 0 Å². The van der Waals surface area contributed by atoms with Crippen LogP contribution in [0.5, 0.6) is 5.75 Å². The number of hydrogen-bond acceptors (Lipinski definition) is 9. The highest BCUT2D eigenvalue weighted by Crippen LogP contribution is 2.33. The molecule has 0 aliphatic carbocycles. The van der Waals surface area contributed by atoms with Crippen LogP contribution in [-0.2, 0) is 27.2 Å². The Morgan fingerprint density at radius 2 is 1.76 bits per heavy atom. The SMILES string of the molecule is C[Si](C)(C)CCOCn1ncc(OCC2CCC(CC(=O)N3CCN(c4ncc(Cl)cn4)CC3)O2)c(C(F)(F)F)c1=O. The Hall–Kier alpha value is -2.75. The van der Waals surface area contributed by atoms with Crippen molar-refractivity contribution >= 4 is 31.5 Å². The van der Waals surface area contributed by atoms with E-state index in [1.165, 1.54) is 12.4 Å². The number of rotatable bonds is 11. The molecule has 11 nitrogen and oxygen atoms in total. The Morgan fingerprint density at radius 3 is 2.40 bits per heavy atom. The number of aromatic nitrogens is 4. The van der Waals surface area contributed by atoms with Gasteiger partial charge in [-0.05, 0) is 18.9 Å². The second-order valence-electron chi connectivity index (χ2n) is 11.6. The summed E-state index contributed by atoms with van der Waals surface area (Å²) in [6, 6.07) is 0.805. The number of anilines is 1. The van der Waals surface area contributed by atoms with Gasteiger partial charge in [0.1, 0.15) is 13.3 Å². The van der Waals surface area contributed by atoms with E-state index in [2.05, 4.69) is 34.7 Å². The van der Waals surface area contributed by atoms with Gasteiger partial charge in [-0.1, -0.05) is 31.2 Å². The highest BCUT2D eigenvalue weighted by Gasteiger charge is 2.40. The summed E-state index contributed by atoms with van der Waals surface area (Å²) in [6.45, 7) is 8.35. The lowest BCUT2D eigenvalue weighted by molar-refractivity contribution is -0.141. The van der Waals surface area contributed by atoms with Crippen molar-refractivity contribution in [1.82, 2.24) is 24.6 Å². The Kier molecular flexibility index (Phi) is 10.5. The van der Waals surface area contributed by atoms with Gasteiger partial charge >= 0.3 is 6.18 Å². The highest BCUT2D eigenvalue weighted by molar-refractivity contribution is 6.76. The fraction of sp³-hybridized carbons (Fsp3) is 0.654. The summed E-state index contributed by atoms with van der Waals surface area (Å²) in [5.41, 5.74) is -2.76. The van der Waals surface area contributed by atoms with Gasteiger partial charge in [0.05, 0.1) is 42.2 Å². The minimum absolute atomic E-state index is 0.0579. The van der Waals surface area contributed by atoms with Crippen LogP contribution in [0.25, 0.3) is 0 Å². The van der Waals surface area contributed by atoms with Crippen molar-refractivity contribution < 1.29 is 32.2 Å². The van der Waals surface area contributed by atoms with Gasteiger partial charge in [0.15, 0.2) is 11.3 Å². The first-order valence-corrected chi connectivity index (χ1v) is 17.9. The number of alkyl halides is 3. The van der Waals surface area contributed by atoms with Crippen LogP contribution in [0.15, 0.2) is 23.4 Å². The molecule has 2 fully saturated rings. The second kappa shape index (κ2) is 13.7. The van der Waals surface area contributed by atoms with Crippen LogP contribution >= 0.6 is 11.6 Å². The molecule has 2 aliphatic heterocycles. The molecular formula is C26H36ClF3N6O5Si. The maximum absolute atomic E-state index is 13.8. The predicted octanol–water partition coefficient (Wildman–Crippen LogP) is 3.68. The lowest BCUT2D eigenvalue weighted by Crippen LogP contribution is -2.49. The summed E-state index contributed by atoms with van der Waals surface area (Å²) in [5, 5.41) is 4.27. The summed E-state index contributed by atoms with van der Waals surface area (Å²) in [5.74, 6) is -0.158. The molecule has 1 amide bonds. The van der Waals surface area contributed by atoms with E-state index in [0.717, 1.165) is 12.2 Å². The number of carbonyl (C=O) groups excluding carboxylic acids is 1. The standard InChI is InChI=1S/C26H36ClF3N6O5Si/c1-42(2,3)11-10-39-17-36-24(38)23(26(28,29)30)21(15-33-36)40-16-20-5-4-19(41-20)12-22(37)34-6-8-35(9-7-34)25-31-13-18(27)14-32-25/h13-15,19-20H,4-12,16-17H2,1-3H3. The number of amides is 1. The van der Waals surface area contributed by atoms with Crippen LogP contribution in [0.4, 0.5) is 19.1 Å². The number of halogens is 4. The minimum Gasteiger partial charge on any atom is -0.488 e. The summed E-state index contributed by atoms with van der Waals surface area (Å²) in [4.78, 5) is 37.6. The van der Waals surface area contributed by atoms with E-state index in [1.807, 2.05) is 4.90 Å². The maximum Gasteiger partial charge on any atom is 0.425 e. The van der Waals surface area contributed by atoms with Crippen molar-refractivity contribution in [3.63, 3.8) is 0 Å². The zero-order valence-electron chi connectivity index (χ0n) is 23.9. The topological polar surface area (TPSA) is 112 Å². The summed E-state index contributed by atoms with van der Waals surface area (Å²) in [7, 11) is -1.40. The first-order valence-electron chi connectivity index (χ1n) is 13.8. The number of ether oxygens (including phenoxy) is 3. The van der Waals surface area contributed by atoms with Crippen LogP contribution in [0.2, 0.25) is 30.7 Å². The van der Waals surface area contributed by atoms with Gasteiger partial charge in [0.2, 0.25) is 11.9 Å². The molecule has 0 aromatic carbocycles. The van der Waals surface area contributed by atoms with Crippen molar-refractivity contribution in [1.29, 1.82) is 0 Å². The van der Waals surface area contributed by atoms with Crippen molar-refractivity contribution in [2.75, 3.05) is 44.3 Å². The van der Waals surface area contributed by atoms with Gasteiger partial charge in [-0.3, -0.25) is 9.59 Å². The largest absolute Gasteiger partial charge is 0.488 e. The van der Waals surface area contributed by atoms with Crippen molar-refractivity contribution in [3.05, 3.63) is 39.5 Å². The quantitative estimate of drug-likeness (QED) is 0.270. The summed E-state index contributed by atoms with van der Waals surface area (Å²) < 4.78 is 58.8. The highest BCUT2D eigenvalue weighted by atomic mass is 35.5. The minimum atomic E-state index is -4.94. The lowest BCUT2D eigenvalue weighted by Gasteiger charge is -2.35. The van der Waals surface area contributed by atoms with Crippen molar-refractivity contribution in [2.45, 2.75) is 70.1 Å². The molecule has 0 bridgehead atoms. The predicted molar refractivity (Wildman–Crippen MR) is 151 cm³/mol. The molecule has 2 saturated heterocycles. The summed E-state index contributed by atoms with van der Waals surface area (Å²) in [6.07, 6.45) is -0.646. The summed E-state index contributed by atoms with van der Waals surface area (Å²) >= 11 is 5.84. The average Bonchev–Trinajstić information content (AvgIpc) is 3.37. The Balaban J connectivity index is 1.25. The van der Waals surface area contributed by atoms with Crippen LogP contribution in [-0.4, -0.2) is 90.2 Å². The van der Waals surface area contributed by atoms with Crippen molar-refractivity contribution in [2.24, 2.45) is 0 Å². The molecule has 2 aromatic rings. The molecule has 4 rings (SSSR count). The number of hydrogen-bond donors (Lipinski definition) is 0. The second-order valence-corrected chi connectivity index (χ2v) is 17.6. The Labute approximate surface area is 247 Å². The zero-order chi connectivity index (χ0) is 30.5. The van der Waals surface area contributed by atoms with Gasteiger partial charge in [0, 0.05) is 40.9 Å². The number of carbonyl (C=O) groups is 1. The molecule has 232 valence electrons. The molecule has 2 unspecified atom stereocenters. The Bertz CT molecular complexity index is 1270. The average molecular weight is 633 g/mol. The van der Waals surface area contributed by atoms with Crippen LogP contribution in [0.1, 0.15) is 24.8 Å². The lowest BCUT2D eigenvalue weighted by atomic mass is 10.1. The van der Waals surface area contributed by atoms with Crippen molar-refractivity contribution in [3.8, 4) is 5.75 Å². The molecule has 0 saturated carbocycles. The van der Waals surface area contributed by atoms with Gasteiger partial charge < -0.3 is 24.0 Å².